The fourth-order valence-electron chi connectivity index (χ4n) is 4.71. The first-order valence-electron chi connectivity index (χ1n) is 5.63. The van der Waals surface area contributed by atoms with E-state index in [0.29, 0.717) is 17.3 Å². The summed E-state index contributed by atoms with van der Waals surface area (Å²) in [6.07, 6.45) is 2.45. The molecule has 2 bridgehead atoms. The summed E-state index contributed by atoms with van der Waals surface area (Å²) in [5.74, 6) is 1.38. The molecule has 0 aromatic rings. The maximum absolute atomic E-state index is 11.1. The lowest BCUT2D eigenvalue weighted by atomic mass is 9.45. The first-order chi connectivity index (χ1) is 6.40. The minimum absolute atomic E-state index is 0.0284. The van der Waals surface area contributed by atoms with Gasteiger partial charge in [0.1, 0.15) is 0 Å². The van der Waals surface area contributed by atoms with Crippen LogP contribution in [-0.2, 0) is 4.79 Å². The van der Waals surface area contributed by atoms with Crippen molar-refractivity contribution >= 4 is 5.97 Å². The second-order valence-electron chi connectivity index (χ2n) is 6.33. The summed E-state index contributed by atoms with van der Waals surface area (Å²) in [6, 6.07) is 0. The second-order valence-corrected chi connectivity index (χ2v) is 6.33. The highest BCUT2D eigenvalue weighted by Gasteiger charge is 2.78. The van der Waals surface area contributed by atoms with Crippen LogP contribution in [0.15, 0.2) is 0 Å². The fraction of sp³-hybridized carbons (Fsp3) is 0.917. The molecule has 4 aliphatic rings. The summed E-state index contributed by atoms with van der Waals surface area (Å²) in [7, 11) is 0. The van der Waals surface area contributed by atoms with Gasteiger partial charge in [-0.2, -0.15) is 0 Å². The van der Waals surface area contributed by atoms with E-state index in [-0.39, 0.29) is 11.3 Å². The predicted octanol–water partition coefficient (Wildman–Crippen LogP) is 2.39. The van der Waals surface area contributed by atoms with Crippen molar-refractivity contribution in [3.63, 3.8) is 0 Å². The molecule has 14 heavy (non-hydrogen) atoms. The molecule has 0 heterocycles. The van der Waals surface area contributed by atoms with Gasteiger partial charge in [-0.1, -0.05) is 20.8 Å². The molecule has 0 amide bonds. The van der Waals surface area contributed by atoms with Gasteiger partial charge in [0.2, 0.25) is 0 Å². The third-order valence-corrected chi connectivity index (χ3v) is 5.79. The first-order valence-corrected chi connectivity index (χ1v) is 5.63. The average molecular weight is 194 g/mol. The molecule has 4 rings (SSSR count). The van der Waals surface area contributed by atoms with Crippen molar-refractivity contribution in [2.24, 2.45) is 34.5 Å². The van der Waals surface area contributed by atoms with E-state index in [9.17, 15) is 4.79 Å². The second kappa shape index (κ2) is 2.02. The number of carboxylic acids is 1. The molecule has 0 saturated heterocycles. The molecular weight excluding hydrogens is 176 g/mol. The SMILES string of the molecule is CC1(C)[C@H]2C[C@@H]3[C@@H](C(=O)O)[C@]3(C)[C@@H]1C2. The van der Waals surface area contributed by atoms with Gasteiger partial charge in [-0.05, 0) is 41.4 Å². The van der Waals surface area contributed by atoms with Crippen molar-refractivity contribution in [1.82, 2.24) is 0 Å². The highest BCUT2D eigenvalue weighted by atomic mass is 16.4. The van der Waals surface area contributed by atoms with Crippen molar-refractivity contribution in [3.8, 4) is 0 Å². The largest absolute Gasteiger partial charge is 0.481 e. The molecule has 4 saturated carbocycles. The van der Waals surface area contributed by atoms with Crippen LogP contribution in [0, 0.1) is 34.5 Å². The third kappa shape index (κ3) is 0.665. The zero-order chi connectivity index (χ0) is 10.3. The Morgan fingerprint density at radius 3 is 2.36 bits per heavy atom. The number of carboxylic acid groups (broad SMARTS) is 1. The molecule has 4 fully saturated rings. The molecule has 0 spiro atoms. The summed E-state index contributed by atoms with van der Waals surface area (Å²) >= 11 is 0. The fourth-order valence-corrected chi connectivity index (χ4v) is 4.71. The van der Waals surface area contributed by atoms with Crippen LogP contribution in [0.3, 0.4) is 0 Å². The number of hydrogen-bond acceptors (Lipinski definition) is 1. The molecule has 0 unspecified atom stereocenters. The van der Waals surface area contributed by atoms with Crippen molar-refractivity contribution in [2.75, 3.05) is 0 Å². The van der Waals surface area contributed by atoms with Crippen molar-refractivity contribution in [3.05, 3.63) is 0 Å². The summed E-state index contributed by atoms with van der Waals surface area (Å²) in [6.45, 7) is 6.85. The minimum Gasteiger partial charge on any atom is -0.481 e. The Kier molecular flexibility index (Phi) is 1.27. The molecular formula is C12H18O2. The quantitative estimate of drug-likeness (QED) is 0.696. The van der Waals surface area contributed by atoms with Gasteiger partial charge in [-0.3, -0.25) is 4.79 Å². The van der Waals surface area contributed by atoms with Crippen LogP contribution in [0.5, 0.6) is 0 Å². The van der Waals surface area contributed by atoms with Gasteiger partial charge in [0, 0.05) is 0 Å². The normalized spacial score (nSPS) is 57.1. The molecule has 2 heteroatoms. The number of rotatable bonds is 1. The highest BCUT2D eigenvalue weighted by Crippen LogP contribution is 2.80. The molecule has 1 N–H and O–H groups in total. The molecule has 0 aliphatic heterocycles. The highest BCUT2D eigenvalue weighted by molar-refractivity contribution is 5.76. The number of aliphatic carboxylic acids is 1. The van der Waals surface area contributed by atoms with Gasteiger partial charge in [0.25, 0.3) is 0 Å². The molecule has 2 nitrogen and oxygen atoms in total. The average Bonchev–Trinajstić information content (AvgIpc) is 2.69. The smallest absolute Gasteiger partial charge is 0.307 e. The van der Waals surface area contributed by atoms with Crippen molar-refractivity contribution < 1.29 is 9.90 Å². The van der Waals surface area contributed by atoms with E-state index in [1.54, 1.807) is 0 Å². The molecule has 5 atom stereocenters. The van der Waals surface area contributed by atoms with Gasteiger partial charge < -0.3 is 5.11 Å². The van der Waals surface area contributed by atoms with Crippen LogP contribution in [0.25, 0.3) is 0 Å². The van der Waals surface area contributed by atoms with Gasteiger partial charge >= 0.3 is 5.97 Å². The lowest BCUT2D eigenvalue weighted by molar-refractivity contribution is -0.141. The number of hydrogen-bond donors (Lipinski definition) is 1. The zero-order valence-electron chi connectivity index (χ0n) is 9.08. The monoisotopic (exact) mass is 194 g/mol. The van der Waals surface area contributed by atoms with Crippen LogP contribution >= 0.6 is 0 Å². The Hall–Kier alpha value is -0.530. The van der Waals surface area contributed by atoms with Gasteiger partial charge in [0.05, 0.1) is 5.92 Å². The van der Waals surface area contributed by atoms with Crippen molar-refractivity contribution in [1.29, 1.82) is 0 Å². The Bertz CT molecular complexity index is 320. The minimum atomic E-state index is -0.555. The van der Waals surface area contributed by atoms with Gasteiger partial charge in [-0.15, -0.1) is 0 Å². The van der Waals surface area contributed by atoms with Gasteiger partial charge in [0.15, 0.2) is 0 Å². The maximum Gasteiger partial charge on any atom is 0.307 e. The van der Waals surface area contributed by atoms with Gasteiger partial charge in [-0.25, -0.2) is 0 Å². The molecule has 0 radical (unpaired) electrons. The lowest BCUT2D eigenvalue weighted by Gasteiger charge is -2.59. The van der Waals surface area contributed by atoms with Crippen LogP contribution in [0.2, 0.25) is 0 Å². The molecule has 78 valence electrons. The summed E-state index contributed by atoms with van der Waals surface area (Å²) in [5.41, 5.74) is 0.555. The lowest BCUT2D eigenvalue weighted by Crippen LogP contribution is -2.52. The van der Waals surface area contributed by atoms with Crippen molar-refractivity contribution in [2.45, 2.75) is 33.6 Å². The van der Waals surface area contributed by atoms with E-state index < -0.39 is 5.97 Å². The Labute approximate surface area is 84.7 Å². The summed E-state index contributed by atoms with van der Waals surface area (Å²) < 4.78 is 0. The van der Waals surface area contributed by atoms with Crippen LogP contribution in [0.1, 0.15) is 33.6 Å². The summed E-state index contributed by atoms with van der Waals surface area (Å²) in [4.78, 5) is 11.1. The van der Waals surface area contributed by atoms with Crippen LogP contribution in [-0.4, -0.2) is 11.1 Å². The molecule has 0 aromatic heterocycles. The maximum atomic E-state index is 11.1. The number of carbonyl (C=O) groups is 1. The van der Waals surface area contributed by atoms with E-state index in [0.717, 1.165) is 12.3 Å². The Balaban J connectivity index is 1.94. The Morgan fingerprint density at radius 2 is 1.93 bits per heavy atom. The summed E-state index contributed by atoms with van der Waals surface area (Å²) in [5, 5.41) is 9.16. The first kappa shape index (κ1) is 8.75. The molecule has 4 aliphatic carbocycles. The van der Waals surface area contributed by atoms with E-state index in [2.05, 4.69) is 20.8 Å². The van der Waals surface area contributed by atoms with E-state index in [1.807, 2.05) is 0 Å². The van der Waals surface area contributed by atoms with Crippen LogP contribution < -0.4 is 0 Å². The van der Waals surface area contributed by atoms with Crippen LogP contribution in [0.4, 0.5) is 0 Å². The Morgan fingerprint density at radius 1 is 1.29 bits per heavy atom. The third-order valence-electron chi connectivity index (χ3n) is 5.79. The zero-order valence-corrected chi connectivity index (χ0v) is 9.08. The molecule has 0 aromatic carbocycles. The van der Waals surface area contributed by atoms with E-state index in [4.69, 9.17) is 5.11 Å². The standard InChI is InChI=1S/C12H18O2/c1-11(2)6-4-7-9(10(13)14)12(7,3)8(11)5-6/h6-9H,4-5H2,1-3H3,(H,13,14)/t6-,7+,8+,9-,12-/m0/s1. The van der Waals surface area contributed by atoms with E-state index >= 15 is 0 Å². The predicted molar refractivity (Wildman–Crippen MR) is 52.7 cm³/mol. The van der Waals surface area contributed by atoms with E-state index in [1.165, 1.54) is 6.42 Å². The topological polar surface area (TPSA) is 37.3 Å².